The highest BCUT2D eigenvalue weighted by Crippen LogP contribution is 2.41. The molecule has 3 fully saturated rings. The van der Waals surface area contributed by atoms with E-state index < -0.39 is 18.1 Å². The zero-order valence-corrected chi connectivity index (χ0v) is 24.8. The maximum absolute atomic E-state index is 14.2. The summed E-state index contributed by atoms with van der Waals surface area (Å²) in [7, 11) is 1.62. The molecule has 0 spiro atoms. The van der Waals surface area contributed by atoms with Crippen molar-refractivity contribution >= 4 is 29.2 Å². The Morgan fingerprint density at radius 3 is 2.45 bits per heavy atom. The van der Waals surface area contributed by atoms with Gasteiger partial charge >= 0.3 is 5.97 Å². The van der Waals surface area contributed by atoms with Crippen LogP contribution in [-0.2, 0) is 25.5 Å². The van der Waals surface area contributed by atoms with E-state index in [1.54, 1.807) is 12.0 Å². The highest BCUT2D eigenvalue weighted by Gasteiger charge is 2.47. The van der Waals surface area contributed by atoms with Crippen molar-refractivity contribution in [3.63, 3.8) is 0 Å². The van der Waals surface area contributed by atoms with Crippen LogP contribution < -0.4 is 9.47 Å². The number of hydrogen-bond donors (Lipinski definition) is 0. The van der Waals surface area contributed by atoms with Gasteiger partial charge in [0.1, 0.15) is 29.9 Å². The van der Waals surface area contributed by atoms with Crippen molar-refractivity contribution in [1.82, 2.24) is 14.9 Å². The number of hydrogen-bond acceptors (Lipinski definition) is 8. The molecule has 1 saturated heterocycles. The van der Waals surface area contributed by atoms with Crippen molar-refractivity contribution in [3.8, 4) is 11.6 Å². The minimum absolute atomic E-state index is 0.0271. The Morgan fingerprint density at radius 2 is 1.69 bits per heavy atom. The Labute approximate surface area is 247 Å². The van der Waals surface area contributed by atoms with E-state index in [9.17, 15) is 14.4 Å². The predicted molar refractivity (Wildman–Crippen MR) is 156 cm³/mol. The predicted octanol–water partition coefficient (Wildman–Crippen LogP) is 5.07. The number of carbonyl (C=O) groups is 3. The molecule has 9 nitrogen and oxygen atoms in total. The third kappa shape index (κ3) is 6.11. The number of aldehydes is 1. The van der Waals surface area contributed by atoms with Gasteiger partial charge in [0.15, 0.2) is 0 Å². The summed E-state index contributed by atoms with van der Waals surface area (Å²) in [6, 6.07) is 5.01. The average molecular weight is 578 g/mol. The van der Waals surface area contributed by atoms with Gasteiger partial charge in [-0.05, 0) is 62.5 Å². The number of benzene rings is 1. The van der Waals surface area contributed by atoms with Crippen molar-refractivity contribution in [2.45, 2.75) is 102 Å². The minimum atomic E-state index is -0.628. The lowest BCUT2D eigenvalue weighted by Crippen LogP contribution is -2.45. The normalized spacial score (nSPS) is 31.2. The lowest BCUT2D eigenvalue weighted by atomic mass is 9.77. The van der Waals surface area contributed by atoms with Crippen LogP contribution in [0.25, 0.3) is 11.0 Å². The van der Waals surface area contributed by atoms with Crippen molar-refractivity contribution in [2.24, 2.45) is 23.7 Å². The van der Waals surface area contributed by atoms with Gasteiger partial charge in [0, 0.05) is 12.0 Å². The standard InChI is InChI=1S/C33H43N3O6/c1-20-28(19-37)36-18-30(20)42-32-26(34-25-14-13-23(40-2)16-27(25)35-32)12-8-4-7-11-22-15-29(22)41-31(38)17-24(33(36)39)21-9-5-3-6-10-21/h13-14,16,19-22,24,28-30H,3-12,15,17-18H2,1-2H3/t20-,22+,24-,28+,29+,30-/m0/s1. The van der Waals surface area contributed by atoms with Gasteiger partial charge in [-0.2, -0.15) is 0 Å². The Kier molecular flexibility index (Phi) is 8.63. The van der Waals surface area contributed by atoms with Crippen LogP contribution in [0.3, 0.4) is 0 Å². The minimum Gasteiger partial charge on any atom is -0.497 e. The van der Waals surface area contributed by atoms with E-state index in [-0.39, 0.29) is 42.8 Å². The highest BCUT2D eigenvalue weighted by molar-refractivity contribution is 5.87. The Bertz CT molecular complexity index is 1310. The smallest absolute Gasteiger partial charge is 0.306 e. The number of aryl methyl sites for hydroxylation is 1. The molecule has 2 aliphatic heterocycles. The molecule has 1 aromatic heterocycles. The maximum atomic E-state index is 14.2. The number of ether oxygens (including phenoxy) is 3. The van der Waals surface area contributed by atoms with Crippen molar-refractivity contribution in [3.05, 3.63) is 23.9 Å². The molecule has 226 valence electrons. The summed E-state index contributed by atoms with van der Waals surface area (Å²) in [6.45, 7) is 2.22. The molecule has 0 N–H and O–H groups in total. The van der Waals surface area contributed by atoms with Gasteiger partial charge in [-0.25, -0.2) is 9.97 Å². The largest absolute Gasteiger partial charge is 0.497 e. The number of carbonyl (C=O) groups excluding carboxylic acids is 3. The number of methoxy groups -OCH3 is 1. The molecule has 9 heteroatoms. The van der Waals surface area contributed by atoms with Gasteiger partial charge in [0.25, 0.3) is 0 Å². The summed E-state index contributed by atoms with van der Waals surface area (Å²) in [6.07, 6.45) is 11.3. The number of esters is 1. The van der Waals surface area contributed by atoms with Crippen LogP contribution in [0.1, 0.15) is 83.2 Å². The fourth-order valence-electron chi connectivity index (χ4n) is 7.29. The molecule has 2 aliphatic carbocycles. The Morgan fingerprint density at radius 1 is 0.929 bits per heavy atom. The fourth-order valence-corrected chi connectivity index (χ4v) is 7.29. The topological polar surface area (TPSA) is 108 Å². The van der Waals surface area contributed by atoms with Crippen LogP contribution in [0, 0.1) is 23.7 Å². The van der Waals surface area contributed by atoms with Crippen molar-refractivity contribution in [1.29, 1.82) is 0 Å². The van der Waals surface area contributed by atoms with Crippen LogP contribution >= 0.6 is 0 Å². The second-order valence-corrected chi connectivity index (χ2v) is 12.8. The Balaban J connectivity index is 1.32. The second-order valence-electron chi connectivity index (χ2n) is 12.8. The first kappa shape index (κ1) is 28.9. The lowest BCUT2D eigenvalue weighted by Gasteiger charge is -2.33. The molecule has 1 aromatic carbocycles. The monoisotopic (exact) mass is 577 g/mol. The maximum Gasteiger partial charge on any atom is 0.306 e. The summed E-state index contributed by atoms with van der Waals surface area (Å²) in [5.74, 6) is 0.553. The van der Waals surface area contributed by atoms with Crippen molar-refractivity contribution in [2.75, 3.05) is 13.7 Å². The van der Waals surface area contributed by atoms with Gasteiger partial charge in [0.05, 0.1) is 43.1 Å². The number of aromatic nitrogens is 2. The van der Waals surface area contributed by atoms with E-state index >= 15 is 0 Å². The molecule has 2 saturated carbocycles. The molecular formula is C33H43N3O6. The summed E-state index contributed by atoms with van der Waals surface area (Å²) < 4.78 is 17.8. The molecule has 6 atom stereocenters. The first-order valence-corrected chi connectivity index (χ1v) is 15.9. The first-order valence-electron chi connectivity index (χ1n) is 15.9. The van der Waals surface area contributed by atoms with E-state index in [4.69, 9.17) is 24.2 Å². The molecule has 6 rings (SSSR count). The summed E-state index contributed by atoms with van der Waals surface area (Å²) in [4.78, 5) is 51.2. The molecule has 1 amide bonds. The zero-order valence-electron chi connectivity index (χ0n) is 24.8. The number of fused-ring (bicyclic) bond motifs is 5. The van der Waals surface area contributed by atoms with E-state index in [1.165, 1.54) is 0 Å². The van der Waals surface area contributed by atoms with Crippen LogP contribution in [0.15, 0.2) is 18.2 Å². The molecule has 42 heavy (non-hydrogen) atoms. The van der Waals surface area contributed by atoms with Gasteiger partial charge in [-0.15, -0.1) is 0 Å². The highest BCUT2D eigenvalue weighted by atomic mass is 16.5. The number of rotatable bonds is 3. The number of nitrogens with zero attached hydrogens (tertiary/aromatic N) is 3. The van der Waals surface area contributed by atoms with Crippen LogP contribution in [0.5, 0.6) is 11.6 Å². The number of amides is 1. The molecule has 2 bridgehead atoms. The SMILES string of the molecule is COc1ccc2nc3c(nc2c1)O[C@H]1CN(C(=O)[C@H](C2CCCCC2)CC(=O)O[C@@H]2C[C@H]2CCCCC3)[C@H](C=O)[C@@H]1C. The van der Waals surface area contributed by atoms with Gasteiger partial charge < -0.3 is 23.9 Å². The van der Waals surface area contributed by atoms with E-state index in [0.717, 1.165) is 88.1 Å². The van der Waals surface area contributed by atoms with E-state index in [0.29, 0.717) is 23.1 Å². The lowest BCUT2D eigenvalue weighted by molar-refractivity contribution is -0.152. The molecule has 3 heterocycles. The van der Waals surface area contributed by atoms with E-state index in [1.807, 2.05) is 25.1 Å². The second kappa shape index (κ2) is 12.6. The van der Waals surface area contributed by atoms with Gasteiger partial charge in [0.2, 0.25) is 11.8 Å². The molecule has 2 aromatic rings. The van der Waals surface area contributed by atoms with Gasteiger partial charge in [-0.3, -0.25) is 9.59 Å². The van der Waals surface area contributed by atoms with Crippen molar-refractivity contribution < 1.29 is 28.6 Å². The molecule has 0 unspecified atom stereocenters. The van der Waals surface area contributed by atoms with Crippen LogP contribution in [0.2, 0.25) is 0 Å². The third-order valence-electron chi connectivity index (χ3n) is 10.0. The molecule has 0 radical (unpaired) electrons. The van der Waals surface area contributed by atoms with E-state index in [2.05, 4.69) is 0 Å². The summed E-state index contributed by atoms with van der Waals surface area (Å²) >= 11 is 0. The molecule has 4 aliphatic rings. The third-order valence-corrected chi connectivity index (χ3v) is 10.0. The zero-order chi connectivity index (χ0) is 29.2. The average Bonchev–Trinajstić information content (AvgIpc) is 3.66. The van der Waals surface area contributed by atoms with Crippen LogP contribution in [0.4, 0.5) is 0 Å². The quantitative estimate of drug-likeness (QED) is 0.368. The molecular weight excluding hydrogens is 534 g/mol. The Hall–Kier alpha value is -3.23. The first-order chi connectivity index (χ1) is 20.4. The summed E-state index contributed by atoms with van der Waals surface area (Å²) in [5.41, 5.74) is 2.25. The summed E-state index contributed by atoms with van der Waals surface area (Å²) in [5, 5.41) is 0. The van der Waals surface area contributed by atoms with Gasteiger partial charge in [-0.1, -0.05) is 39.0 Å². The van der Waals surface area contributed by atoms with Crippen LogP contribution in [-0.4, -0.2) is 64.9 Å². The fraction of sp³-hybridized carbons (Fsp3) is 0.667.